The minimum Gasteiger partial charge on any atom is -0.295 e. The van der Waals surface area contributed by atoms with Crippen molar-refractivity contribution in [3.05, 3.63) is 50.3 Å². The molecule has 1 aromatic carbocycles. The summed E-state index contributed by atoms with van der Waals surface area (Å²) in [7, 11) is 0. The van der Waals surface area contributed by atoms with Crippen LogP contribution in [0.5, 0.6) is 0 Å². The van der Waals surface area contributed by atoms with E-state index in [9.17, 15) is 19.7 Å². The number of allylic oxidation sites excluding steroid dienone is 1. The fourth-order valence-electron chi connectivity index (χ4n) is 2.02. The molecule has 0 spiro atoms. The smallest absolute Gasteiger partial charge is 0.270 e. The van der Waals surface area contributed by atoms with Gasteiger partial charge in [-0.3, -0.25) is 19.7 Å². The SMILES string of the molecule is CC1(C)CC(=O)C=C(SCC(=O)c2cccc([N+](=O)[O-])c2)S1. The third-order valence-corrected chi connectivity index (χ3v) is 5.41. The summed E-state index contributed by atoms with van der Waals surface area (Å²) in [4.78, 5) is 34.0. The number of benzene rings is 1. The first-order valence-corrected chi connectivity index (χ1v) is 8.41. The Labute approximate surface area is 136 Å². The fourth-order valence-corrected chi connectivity index (χ4v) is 4.72. The second kappa shape index (κ2) is 6.66. The Morgan fingerprint density at radius 1 is 1.45 bits per heavy atom. The van der Waals surface area contributed by atoms with Gasteiger partial charge in [-0.05, 0) is 13.8 Å². The van der Waals surface area contributed by atoms with Gasteiger partial charge in [0.15, 0.2) is 11.6 Å². The first-order chi connectivity index (χ1) is 10.3. The van der Waals surface area contributed by atoms with E-state index in [4.69, 9.17) is 0 Å². The molecule has 2 rings (SSSR count). The van der Waals surface area contributed by atoms with Gasteiger partial charge in [-0.2, -0.15) is 0 Å². The molecule has 7 heteroatoms. The van der Waals surface area contributed by atoms with Crippen molar-refractivity contribution in [2.45, 2.75) is 25.0 Å². The Hall–Kier alpha value is -1.60. The van der Waals surface area contributed by atoms with E-state index in [2.05, 4.69) is 0 Å². The highest BCUT2D eigenvalue weighted by atomic mass is 32.2. The van der Waals surface area contributed by atoms with Crippen LogP contribution in [-0.2, 0) is 4.79 Å². The third-order valence-electron chi connectivity index (χ3n) is 2.98. The van der Waals surface area contributed by atoms with Crippen LogP contribution in [0.4, 0.5) is 5.69 Å². The van der Waals surface area contributed by atoms with Crippen LogP contribution in [0.1, 0.15) is 30.6 Å². The van der Waals surface area contributed by atoms with Crippen LogP contribution >= 0.6 is 23.5 Å². The first kappa shape index (κ1) is 16.8. The van der Waals surface area contributed by atoms with Crippen molar-refractivity contribution in [2.75, 3.05) is 5.75 Å². The molecule has 0 aliphatic carbocycles. The summed E-state index contributed by atoms with van der Waals surface area (Å²) in [6, 6.07) is 5.69. The van der Waals surface area contributed by atoms with E-state index in [0.717, 1.165) is 4.24 Å². The molecule has 0 aromatic heterocycles. The van der Waals surface area contributed by atoms with Crippen LogP contribution in [0.3, 0.4) is 0 Å². The van der Waals surface area contributed by atoms with E-state index in [1.165, 1.54) is 30.0 Å². The van der Waals surface area contributed by atoms with Crippen LogP contribution in [0.25, 0.3) is 0 Å². The number of ketones is 2. The quantitative estimate of drug-likeness (QED) is 0.461. The molecule has 0 amide bonds. The van der Waals surface area contributed by atoms with E-state index in [0.29, 0.717) is 12.0 Å². The molecular weight excluding hydrogens is 322 g/mol. The summed E-state index contributed by atoms with van der Waals surface area (Å²) in [6.45, 7) is 3.98. The Bertz CT molecular complexity index is 667. The highest BCUT2D eigenvalue weighted by molar-refractivity contribution is 8.23. The Morgan fingerprint density at radius 3 is 2.82 bits per heavy atom. The van der Waals surface area contributed by atoms with E-state index < -0.39 is 4.92 Å². The Kier molecular flexibility index (Phi) is 5.08. The second-order valence-electron chi connectivity index (χ2n) is 5.49. The highest BCUT2D eigenvalue weighted by Crippen LogP contribution is 2.43. The number of hydrogen-bond acceptors (Lipinski definition) is 6. The number of carbonyl (C=O) groups excluding carboxylic acids is 2. The number of nitro benzene ring substituents is 1. The van der Waals surface area contributed by atoms with Crippen molar-refractivity contribution < 1.29 is 14.5 Å². The average Bonchev–Trinajstić information content (AvgIpc) is 2.42. The molecule has 5 nitrogen and oxygen atoms in total. The van der Waals surface area contributed by atoms with Crippen molar-refractivity contribution in [1.29, 1.82) is 0 Å². The number of Topliss-reactive ketones (excluding diaryl/α,β-unsaturated/α-hetero) is 1. The molecule has 22 heavy (non-hydrogen) atoms. The van der Waals surface area contributed by atoms with Gasteiger partial charge in [0.05, 0.1) is 10.7 Å². The fraction of sp³-hybridized carbons (Fsp3) is 0.333. The third kappa shape index (κ3) is 4.45. The van der Waals surface area contributed by atoms with Gasteiger partial charge < -0.3 is 0 Å². The van der Waals surface area contributed by atoms with Crippen molar-refractivity contribution in [1.82, 2.24) is 0 Å². The van der Waals surface area contributed by atoms with Gasteiger partial charge in [-0.1, -0.05) is 12.1 Å². The van der Waals surface area contributed by atoms with Crippen LogP contribution in [0.2, 0.25) is 0 Å². The standard InChI is InChI=1S/C15H15NO4S2/c1-15(2)8-12(17)7-14(22-15)21-9-13(18)10-4-3-5-11(6-10)16(19)20/h3-7H,8-9H2,1-2H3. The minimum atomic E-state index is -0.523. The van der Waals surface area contributed by atoms with Gasteiger partial charge in [0.25, 0.3) is 5.69 Å². The summed E-state index contributed by atoms with van der Waals surface area (Å²) < 4.78 is 0.656. The molecule has 1 aliphatic heterocycles. The predicted octanol–water partition coefficient (Wildman–Crippen LogP) is 3.84. The van der Waals surface area contributed by atoms with E-state index in [1.807, 2.05) is 13.8 Å². The summed E-state index contributed by atoms with van der Waals surface area (Å²) >= 11 is 2.88. The van der Waals surface area contributed by atoms with Gasteiger partial charge in [-0.15, -0.1) is 23.5 Å². The molecule has 0 fully saturated rings. The monoisotopic (exact) mass is 337 g/mol. The maximum absolute atomic E-state index is 12.1. The number of carbonyl (C=O) groups is 2. The normalized spacial score (nSPS) is 17.0. The summed E-state index contributed by atoms with van der Waals surface area (Å²) in [5.74, 6) is 0.0312. The van der Waals surface area contributed by atoms with Crippen molar-refractivity contribution in [2.24, 2.45) is 0 Å². The molecule has 116 valence electrons. The molecule has 1 aliphatic rings. The number of rotatable bonds is 5. The molecule has 1 aromatic rings. The molecular formula is C15H15NO4S2. The second-order valence-corrected chi connectivity index (χ2v) is 8.51. The lowest BCUT2D eigenvalue weighted by molar-refractivity contribution is -0.384. The molecule has 0 bridgehead atoms. The molecule has 0 saturated carbocycles. The Morgan fingerprint density at radius 2 is 2.18 bits per heavy atom. The number of non-ortho nitro benzene ring substituents is 1. The number of nitrogens with zero attached hydrogens (tertiary/aromatic N) is 1. The maximum Gasteiger partial charge on any atom is 0.270 e. The lowest BCUT2D eigenvalue weighted by Gasteiger charge is -2.27. The number of nitro groups is 1. The van der Waals surface area contributed by atoms with Crippen LogP contribution in [0, 0.1) is 10.1 Å². The van der Waals surface area contributed by atoms with Crippen LogP contribution in [0.15, 0.2) is 34.6 Å². The molecule has 0 N–H and O–H groups in total. The van der Waals surface area contributed by atoms with Gasteiger partial charge in [-0.25, -0.2) is 0 Å². The van der Waals surface area contributed by atoms with Gasteiger partial charge in [0.1, 0.15) is 0 Å². The van der Waals surface area contributed by atoms with E-state index in [-0.39, 0.29) is 27.8 Å². The molecule has 0 saturated heterocycles. The van der Waals surface area contributed by atoms with Gasteiger partial charge in [0.2, 0.25) is 0 Å². The van der Waals surface area contributed by atoms with Gasteiger partial charge >= 0.3 is 0 Å². The number of thioether (sulfide) groups is 2. The summed E-state index contributed by atoms with van der Waals surface area (Å²) in [5.41, 5.74) is 0.215. The minimum absolute atomic E-state index is 0.0639. The summed E-state index contributed by atoms with van der Waals surface area (Å²) in [6.07, 6.45) is 2.06. The lowest BCUT2D eigenvalue weighted by atomic mass is 10.1. The van der Waals surface area contributed by atoms with Gasteiger partial charge in [0, 0.05) is 39.2 Å². The zero-order valence-electron chi connectivity index (χ0n) is 12.2. The molecule has 0 atom stereocenters. The lowest BCUT2D eigenvalue weighted by Crippen LogP contribution is -2.22. The largest absolute Gasteiger partial charge is 0.295 e. The summed E-state index contributed by atoms with van der Waals surface area (Å²) in [5, 5.41) is 10.7. The molecule has 0 unspecified atom stereocenters. The predicted molar refractivity (Wildman–Crippen MR) is 89.3 cm³/mol. The Balaban J connectivity index is 2.03. The van der Waals surface area contributed by atoms with Crippen molar-refractivity contribution in [3.8, 4) is 0 Å². The van der Waals surface area contributed by atoms with Crippen LogP contribution in [-0.4, -0.2) is 27.0 Å². The van der Waals surface area contributed by atoms with Crippen molar-refractivity contribution >= 4 is 40.8 Å². The van der Waals surface area contributed by atoms with E-state index >= 15 is 0 Å². The first-order valence-electron chi connectivity index (χ1n) is 6.61. The zero-order chi connectivity index (χ0) is 16.3. The number of hydrogen-bond donors (Lipinski definition) is 0. The maximum atomic E-state index is 12.1. The average molecular weight is 337 g/mol. The molecule has 1 heterocycles. The zero-order valence-corrected chi connectivity index (χ0v) is 13.8. The topological polar surface area (TPSA) is 77.3 Å². The highest BCUT2D eigenvalue weighted by Gasteiger charge is 2.28. The molecule has 0 radical (unpaired) electrons. The van der Waals surface area contributed by atoms with Crippen LogP contribution < -0.4 is 0 Å². The van der Waals surface area contributed by atoms with Crippen molar-refractivity contribution in [3.63, 3.8) is 0 Å². The van der Waals surface area contributed by atoms with E-state index in [1.54, 1.807) is 23.9 Å².